The molecule has 1 fully saturated rings. The summed E-state index contributed by atoms with van der Waals surface area (Å²) >= 11 is 0. The molecule has 0 spiro atoms. The van der Waals surface area contributed by atoms with Crippen LogP contribution in [0.5, 0.6) is 0 Å². The van der Waals surface area contributed by atoms with Crippen LogP contribution in [0.4, 0.5) is 10.1 Å². The molecule has 132 valence electrons. The van der Waals surface area contributed by atoms with Crippen LogP contribution in [-0.2, 0) is 14.6 Å². The summed E-state index contributed by atoms with van der Waals surface area (Å²) in [5, 5.41) is 4.95. The first kappa shape index (κ1) is 18.2. The largest absolute Gasteiger partial charge is 0.375 e. The van der Waals surface area contributed by atoms with E-state index in [0.29, 0.717) is 12.1 Å². The van der Waals surface area contributed by atoms with Gasteiger partial charge in [-0.15, -0.1) is 0 Å². The standard InChI is InChI=1S/C15H20FN3O4S/c1-19(2)13-4-3-10(7-12(13)16)15(21)17-8-14(20)18-11-5-6-24(22,23)9-11/h3-4,7,11H,5-6,8-9H2,1-2H3,(H,17,21)(H,18,20)/t11-/m1/s1. The summed E-state index contributed by atoms with van der Waals surface area (Å²) in [4.78, 5) is 25.3. The van der Waals surface area contributed by atoms with Crippen LogP contribution in [0.2, 0.25) is 0 Å². The maximum absolute atomic E-state index is 13.8. The Hall–Kier alpha value is -2.16. The maximum atomic E-state index is 13.8. The highest BCUT2D eigenvalue weighted by molar-refractivity contribution is 7.91. The lowest BCUT2D eigenvalue weighted by Gasteiger charge is -2.14. The van der Waals surface area contributed by atoms with Gasteiger partial charge < -0.3 is 15.5 Å². The second kappa shape index (κ2) is 7.16. The second-order valence-corrected chi connectivity index (χ2v) is 8.14. The molecule has 1 aromatic carbocycles. The molecule has 7 nitrogen and oxygen atoms in total. The SMILES string of the molecule is CN(C)c1ccc(C(=O)NCC(=O)N[C@@H]2CCS(=O)(=O)C2)cc1F. The first-order valence-corrected chi connectivity index (χ1v) is 9.25. The van der Waals surface area contributed by atoms with Crippen LogP contribution < -0.4 is 15.5 Å². The molecule has 2 amide bonds. The summed E-state index contributed by atoms with van der Waals surface area (Å²) in [6.45, 7) is -0.299. The average Bonchev–Trinajstić information content (AvgIpc) is 2.83. The molecule has 1 aliphatic heterocycles. The normalized spacial score (nSPS) is 18.9. The second-order valence-electron chi connectivity index (χ2n) is 5.91. The van der Waals surface area contributed by atoms with Gasteiger partial charge in [0.05, 0.1) is 23.7 Å². The van der Waals surface area contributed by atoms with Crippen LogP contribution in [0.1, 0.15) is 16.8 Å². The molecular formula is C15H20FN3O4S. The van der Waals surface area contributed by atoms with Crippen molar-refractivity contribution in [2.75, 3.05) is 37.0 Å². The summed E-state index contributed by atoms with van der Waals surface area (Å²) in [6.07, 6.45) is 0.374. The first-order chi connectivity index (χ1) is 11.2. The molecule has 24 heavy (non-hydrogen) atoms. The molecule has 2 rings (SSSR count). The zero-order valence-electron chi connectivity index (χ0n) is 13.5. The third-order valence-corrected chi connectivity index (χ3v) is 5.47. The summed E-state index contributed by atoms with van der Waals surface area (Å²) < 4.78 is 36.5. The van der Waals surface area contributed by atoms with Gasteiger partial charge in [-0.1, -0.05) is 0 Å². The van der Waals surface area contributed by atoms with Crippen molar-refractivity contribution < 1.29 is 22.4 Å². The number of amides is 2. The van der Waals surface area contributed by atoms with Gasteiger partial charge in [-0.2, -0.15) is 0 Å². The van der Waals surface area contributed by atoms with Crippen molar-refractivity contribution in [3.8, 4) is 0 Å². The van der Waals surface area contributed by atoms with E-state index in [1.165, 1.54) is 12.1 Å². The number of hydrogen-bond donors (Lipinski definition) is 2. The van der Waals surface area contributed by atoms with Crippen molar-refractivity contribution in [3.05, 3.63) is 29.6 Å². The number of carbonyl (C=O) groups excluding carboxylic acids is 2. The van der Waals surface area contributed by atoms with E-state index in [0.717, 1.165) is 6.07 Å². The Morgan fingerprint density at radius 3 is 2.58 bits per heavy atom. The van der Waals surface area contributed by atoms with Gasteiger partial charge in [0.25, 0.3) is 5.91 Å². The highest BCUT2D eigenvalue weighted by Crippen LogP contribution is 2.18. The Bertz CT molecular complexity index is 749. The van der Waals surface area contributed by atoms with Gasteiger partial charge >= 0.3 is 0 Å². The number of halogens is 1. The Morgan fingerprint density at radius 2 is 2.04 bits per heavy atom. The van der Waals surface area contributed by atoms with E-state index < -0.39 is 33.5 Å². The van der Waals surface area contributed by atoms with Gasteiger partial charge in [-0.05, 0) is 24.6 Å². The Morgan fingerprint density at radius 1 is 1.33 bits per heavy atom. The summed E-state index contributed by atoms with van der Waals surface area (Å²) in [6, 6.07) is 3.63. The van der Waals surface area contributed by atoms with Crippen molar-refractivity contribution in [3.63, 3.8) is 0 Å². The van der Waals surface area contributed by atoms with E-state index in [1.807, 2.05) is 0 Å². The Kier molecular flexibility index (Phi) is 5.43. The molecule has 1 saturated heterocycles. The van der Waals surface area contributed by atoms with Crippen LogP contribution in [-0.4, -0.2) is 58.4 Å². The predicted molar refractivity (Wildman–Crippen MR) is 88.3 cm³/mol. The minimum atomic E-state index is -3.08. The van der Waals surface area contributed by atoms with Gasteiger partial charge in [-0.25, -0.2) is 12.8 Å². The highest BCUT2D eigenvalue weighted by Gasteiger charge is 2.28. The first-order valence-electron chi connectivity index (χ1n) is 7.43. The minimum Gasteiger partial charge on any atom is -0.375 e. The number of hydrogen-bond acceptors (Lipinski definition) is 5. The van der Waals surface area contributed by atoms with Crippen LogP contribution in [0.15, 0.2) is 18.2 Å². The molecule has 1 aromatic rings. The van der Waals surface area contributed by atoms with Crippen LogP contribution in [0, 0.1) is 5.82 Å². The van der Waals surface area contributed by atoms with E-state index in [2.05, 4.69) is 10.6 Å². The van der Waals surface area contributed by atoms with Crippen molar-refractivity contribution in [1.29, 1.82) is 0 Å². The third kappa shape index (κ3) is 4.67. The molecule has 0 radical (unpaired) electrons. The van der Waals surface area contributed by atoms with Gasteiger partial charge in [-0.3, -0.25) is 9.59 Å². The van der Waals surface area contributed by atoms with Crippen molar-refractivity contribution in [1.82, 2.24) is 10.6 Å². The van der Waals surface area contributed by atoms with Gasteiger partial charge in [0, 0.05) is 25.7 Å². The monoisotopic (exact) mass is 357 g/mol. The summed E-state index contributed by atoms with van der Waals surface area (Å²) in [7, 11) is 0.293. The van der Waals surface area contributed by atoms with Gasteiger partial charge in [0.15, 0.2) is 9.84 Å². The zero-order chi connectivity index (χ0) is 17.9. The number of nitrogens with zero attached hydrogens (tertiary/aromatic N) is 1. The molecule has 0 aromatic heterocycles. The number of carbonyl (C=O) groups is 2. The lowest BCUT2D eigenvalue weighted by atomic mass is 10.1. The maximum Gasteiger partial charge on any atom is 0.251 e. The molecule has 1 heterocycles. The number of sulfone groups is 1. The quantitative estimate of drug-likeness (QED) is 0.769. The lowest BCUT2D eigenvalue weighted by molar-refractivity contribution is -0.120. The topological polar surface area (TPSA) is 95.6 Å². The van der Waals surface area contributed by atoms with Gasteiger partial charge in [0.2, 0.25) is 5.91 Å². The van der Waals surface area contributed by atoms with E-state index >= 15 is 0 Å². The number of rotatable bonds is 5. The lowest BCUT2D eigenvalue weighted by Crippen LogP contribution is -2.42. The molecular weight excluding hydrogens is 337 g/mol. The van der Waals surface area contributed by atoms with E-state index in [1.54, 1.807) is 19.0 Å². The molecule has 1 atom stereocenters. The summed E-state index contributed by atoms with van der Waals surface area (Å²) in [5.74, 6) is -1.61. The van der Waals surface area contributed by atoms with E-state index in [4.69, 9.17) is 0 Å². The van der Waals surface area contributed by atoms with E-state index in [-0.39, 0.29) is 23.6 Å². The molecule has 0 aliphatic carbocycles. The van der Waals surface area contributed by atoms with Crippen molar-refractivity contribution in [2.45, 2.75) is 12.5 Å². The predicted octanol–water partition coefficient (Wildman–Crippen LogP) is -0.0752. The smallest absolute Gasteiger partial charge is 0.251 e. The fraction of sp³-hybridized carbons (Fsp3) is 0.467. The highest BCUT2D eigenvalue weighted by atomic mass is 32.2. The molecule has 0 bridgehead atoms. The van der Waals surface area contributed by atoms with Crippen LogP contribution in [0.25, 0.3) is 0 Å². The Balaban J connectivity index is 1.86. The Labute approximate surface area is 140 Å². The fourth-order valence-electron chi connectivity index (χ4n) is 2.46. The van der Waals surface area contributed by atoms with Crippen molar-refractivity contribution in [2.24, 2.45) is 0 Å². The van der Waals surface area contributed by atoms with Crippen LogP contribution in [0.3, 0.4) is 0 Å². The zero-order valence-corrected chi connectivity index (χ0v) is 14.3. The molecule has 0 unspecified atom stereocenters. The number of nitrogens with one attached hydrogen (secondary N) is 2. The molecule has 2 N–H and O–H groups in total. The van der Waals surface area contributed by atoms with Crippen LogP contribution >= 0.6 is 0 Å². The average molecular weight is 357 g/mol. The molecule has 1 aliphatic rings. The minimum absolute atomic E-state index is 0.0573. The number of anilines is 1. The third-order valence-electron chi connectivity index (χ3n) is 3.70. The van der Waals surface area contributed by atoms with Crippen molar-refractivity contribution >= 4 is 27.3 Å². The molecule has 9 heteroatoms. The molecule has 0 saturated carbocycles. The fourth-order valence-corrected chi connectivity index (χ4v) is 4.13. The van der Waals surface area contributed by atoms with E-state index in [9.17, 15) is 22.4 Å². The summed E-state index contributed by atoms with van der Waals surface area (Å²) in [5.41, 5.74) is 0.459. The van der Waals surface area contributed by atoms with Gasteiger partial charge in [0.1, 0.15) is 5.82 Å². The number of benzene rings is 1.